The zero-order valence-electron chi connectivity index (χ0n) is 10.0. The highest BCUT2D eigenvalue weighted by molar-refractivity contribution is 7.88. The quantitative estimate of drug-likeness (QED) is 0.839. The van der Waals surface area contributed by atoms with Gasteiger partial charge in [-0.15, -0.1) is 10.2 Å². The molecule has 1 rings (SSSR count). The highest BCUT2D eigenvalue weighted by Gasteiger charge is 2.22. The lowest BCUT2D eigenvalue weighted by Gasteiger charge is -2.25. The van der Waals surface area contributed by atoms with Crippen LogP contribution in [-0.4, -0.2) is 41.9 Å². The van der Waals surface area contributed by atoms with Gasteiger partial charge in [0.1, 0.15) is 0 Å². The molecule has 1 aromatic rings. The molecule has 0 amide bonds. The summed E-state index contributed by atoms with van der Waals surface area (Å²) >= 11 is 11.3. The van der Waals surface area contributed by atoms with E-state index in [1.165, 1.54) is 0 Å². The van der Waals surface area contributed by atoms with Crippen LogP contribution in [-0.2, 0) is 10.0 Å². The van der Waals surface area contributed by atoms with E-state index < -0.39 is 15.6 Å². The monoisotopic (exact) mass is 313 g/mol. The van der Waals surface area contributed by atoms with Gasteiger partial charge in [-0.05, 0) is 25.4 Å². The number of anilines is 1. The predicted molar refractivity (Wildman–Crippen MR) is 70.4 cm³/mol. The third-order valence-corrected chi connectivity index (χ3v) is 3.12. The number of hydrogen-bond acceptors (Lipinski definition) is 6. The molecular formula is C8H13Cl2N5O2S. The fraction of sp³-hybridized carbons (Fsp3) is 0.625. The Morgan fingerprint density at radius 1 is 1.28 bits per heavy atom. The van der Waals surface area contributed by atoms with E-state index in [2.05, 4.69) is 25.2 Å². The first-order chi connectivity index (χ1) is 8.09. The molecule has 0 saturated heterocycles. The molecule has 0 aliphatic carbocycles. The van der Waals surface area contributed by atoms with Crippen LogP contribution in [0.4, 0.5) is 5.82 Å². The van der Waals surface area contributed by atoms with E-state index in [1.54, 1.807) is 13.8 Å². The van der Waals surface area contributed by atoms with Crippen molar-refractivity contribution in [1.29, 1.82) is 0 Å². The Hall–Kier alpha value is -0.700. The van der Waals surface area contributed by atoms with Crippen LogP contribution in [0.2, 0.25) is 10.4 Å². The maximum Gasteiger partial charge on any atom is 0.245 e. The van der Waals surface area contributed by atoms with E-state index in [0.717, 1.165) is 6.26 Å². The van der Waals surface area contributed by atoms with Gasteiger partial charge < -0.3 is 5.32 Å². The molecule has 0 fully saturated rings. The Morgan fingerprint density at radius 3 is 2.44 bits per heavy atom. The third-order valence-electron chi connectivity index (χ3n) is 1.78. The van der Waals surface area contributed by atoms with Gasteiger partial charge in [0.15, 0.2) is 11.0 Å². The lowest BCUT2D eigenvalue weighted by atomic mass is 10.1. The van der Waals surface area contributed by atoms with Gasteiger partial charge >= 0.3 is 0 Å². The van der Waals surface area contributed by atoms with Gasteiger partial charge in [0.05, 0.1) is 6.26 Å². The highest BCUT2D eigenvalue weighted by Crippen LogP contribution is 2.17. The normalized spacial score (nSPS) is 12.5. The number of aromatic nitrogens is 3. The second-order valence-corrected chi connectivity index (χ2v) is 6.78. The van der Waals surface area contributed by atoms with Crippen molar-refractivity contribution >= 4 is 39.0 Å². The van der Waals surface area contributed by atoms with Crippen molar-refractivity contribution in [3.05, 3.63) is 10.4 Å². The minimum atomic E-state index is -3.30. The molecule has 10 heteroatoms. The summed E-state index contributed by atoms with van der Waals surface area (Å²) < 4.78 is 24.8. The topological polar surface area (TPSA) is 96.9 Å². The van der Waals surface area contributed by atoms with Gasteiger partial charge in [0, 0.05) is 12.1 Å². The van der Waals surface area contributed by atoms with E-state index >= 15 is 0 Å². The molecular weight excluding hydrogens is 301 g/mol. The maximum atomic E-state index is 11.2. The van der Waals surface area contributed by atoms with Crippen LogP contribution < -0.4 is 10.0 Å². The Bertz CT molecular complexity index is 534. The fourth-order valence-corrected chi connectivity index (χ4v) is 2.59. The maximum absolute atomic E-state index is 11.2. The number of nitrogens with one attached hydrogen (secondary N) is 2. The lowest BCUT2D eigenvalue weighted by molar-refractivity contribution is 0.475. The second kappa shape index (κ2) is 5.52. The van der Waals surface area contributed by atoms with E-state index in [1.807, 2.05) is 0 Å². The third kappa shape index (κ3) is 5.30. The van der Waals surface area contributed by atoms with Gasteiger partial charge in [-0.25, -0.2) is 13.1 Å². The van der Waals surface area contributed by atoms with Crippen LogP contribution in [0.1, 0.15) is 13.8 Å². The van der Waals surface area contributed by atoms with Crippen LogP contribution in [0.5, 0.6) is 0 Å². The molecule has 2 N–H and O–H groups in total. The molecule has 0 spiro atoms. The summed E-state index contributed by atoms with van der Waals surface area (Å²) in [6, 6.07) is 0. The van der Waals surface area contributed by atoms with Crippen LogP contribution in [0.25, 0.3) is 0 Å². The lowest BCUT2D eigenvalue weighted by Crippen LogP contribution is -2.47. The van der Waals surface area contributed by atoms with Crippen molar-refractivity contribution in [3.63, 3.8) is 0 Å². The molecule has 0 atom stereocenters. The standard InChI is InChI=1S/C8H13Cl2N5O2S/c1-8(2,15-18(3,16)17)4-11-6-5(9)13-14-7(10)12-6/h15H,4H2,1-3H3,(H,11,12,14). The Kier molecular flexibility index (Phi) is 4.71. The van der Waals surface area contributed by atoms with Crippen molar-refractivity contribution in [2.24, 2.45) is 0 Å². The predicted octanol–water partition coefficient (Wildman–Crippen LogP) is 0.918. The zero-order chi connectivity index (χ0) is 14.0. The van der Waals surface area contributed by atoms with Crippen LogP contribution >= 0.6 is 23.2 Å². The smallest absolute Gasteiger partial charge is 0.245 e. The van der Waals surface area contributed by atoms with E-state index in [4.69, 9.17) is 23.2 Å². The van der Waals surface area contributed by atoms with E-state index in [-0.39, 0.29) is 22.8 Å². The van der Waals surface area contributed by atoms with Gasteiger partial charge in [-0.3, -0.25) is 0 Å². The summed E-state index contributed by atoms with van der Waals surface area (Å²) in [5, 5.41) is 9.92. The second-order valence-electron chi connectivity index (χ2n) is 4.33. The first kappa shape index (κ1) is 15.4. The van der Waals surface area contributed by atoms with E-state index in [9.17, 15) is 8.42 Å². The molecule has 18 heavy (non-hydrogen) atoms. The van der Waals surface area contributed by atoms with Gasteiger partial charge in [-0.2, -0.15) is 4.98 Å². The van der Waals surface area contributed by atoms with Crippen LogP contribution in [0.15, 0.2) is 0 Å². The largest absolute Gasteiger partial charge is 0.365 e. The molecule has 0 bridgehead atoms. The number of hydrogen-bond donors (Lipinski definition) is 2. The summed E-state index contributed by atoms with van der Waals surface area (Å²) in [5.41, 5.74) is -0.714. The van der Waals surface area contributed by atoms with Gasteiger partial charge in [0.25, 0.3) is 0 Å². The van der Waals surface area contributed by atoms with Crippen LogP contribution in [0.3, 0.4) is 0 Å². The molecule has 1 aromatic heterocycles. The Balaban J connectivity index is 2.72. The minimum Gasteiger partial charge on any atom is -0.365 e. The van der Waals surface area contributed by atoms with Gasteiger partial charge in [-0.1, -0.05) is 11.6 Å². The Labute approximate surface area is 115 Å². The average Bonchev–Trinajstić information content (AvgIpc) is 2.16. The van der Waals surface area contributed by atoms with Gasteiger partial charge in [0.2, 0.25) is 15.3 Å². The van der Waals surface area contributed by atoms with Crippen molar-refractivity contribution in [1.82, 2.24) is 19.9 Å². The molecule has 1 heterocycles. The number of sulfonamides is 1. The molecule has 0 saturated carbocycles. The zero-order valence-corrected chi connectivity index (χ0v) is 12.4. The van der Waals surface area contributed by atoms with Crippen LogP contribution in [0, 0.1) is 0 Å². The van der Waals surface area contributed by atoms with Crippen molar-refractivity contribution < 1.29 is 8.42 Å². The average molecular weight is 314 g/mol. The summed E-state index contributed by atoms with van der Waals surface area (Å²) in [7, 11) is -3.30. The molecule has 0 radical (unpaired) electrons. The van der Waals surface area contributed by atoms with Crippen molar-refractivity contribution in [2.45, 2.75) is 19.4 Å². The summed E-state index contributed by atoms with van der Waals surface area (Å²) in [5.74, 6) is 0.250. The molecule has 0 aliphatic rings. The molecule has 102 valence electrons. The number of rotatable bonds is 5. The first-order valence-corrected chi connectivity index (χ1v) is 7.52. The summed E-state index contributed by atoms with van der Waals surface area (Å²) in [6.07, 6.45) is 1.09. The summed E-state index contributed by atoms with van der Waals surface area (Å²) in [6.45, 7) is 3.69. The Morgan fingerprint density at radius 2 is 1.89 bits per heavy atom. The molecule has 0 aromatic carbocycles. The first-order valence-electron chi connectivity index (χ1n) is 4.88. The summed E-state index contributed by atoms with van der Waals surface area (Å²) in [4.78, 5) is 3.84. The SMILES string of the molecule is CC(C)(CNc1nc(Cl)nnc1Cl)NS(C)(=O)=O. The fourth-order valence-electron chi connectivity index (χ4n) is 1.25. The molecule has 7 nitrogen and oxygen atoms in total. The molecule has 0 aliphatic heterocycles. The number of halogens is 2. The van der Waals surface area contributed by atoms with E-state index in [0.29, 0.717) is 0 Å². The van der Waals surface area contributed by atoms with Crippen molar-refractivity contribution in [3.8, 4) is 0 Å². The highest BCUT2D eigenvalue weighted by atomic mass is 35.5. The van der Waals surface area contributed by atoms with Crippen molar-refractivity contribution in [2.75, 3.05) is 18.1 Å². The minimum absolute atomic E-state index is 0.0456. The molecule has 0 unspecified atom stereocenters. The number of nitrogens with zero attached hydrogens (tertiary/aromatic N) is 3.